The van der Waals surface area contributed by atoms with Crippen molar-refractivity contribution in [2.24, 2.45) is 0 Å². The average molecular weight is 291 g/mol. The Morgan fingerprint density at radius 1 is 0.905 bits per heavy atom. The summed E-state index contributed by atoms with van der Waals surface area (Å²) in [5.41, 5.74) is 1.19. The fourth-order valence-electron chi connectivity index (χ4n) is 3.11. The Hall–Kier alpha value is -1.97. The molecule has 0 amide bonds. The van der Waals surface area contributed by atoms with Crippen molar-refractivity contribution < 1.29 is 13.2 Å². The smallest absolute Gasteiger partial charge is 0.335 e. The first-order valence-corrected chi connectivity index (χ1v) is 6.85. The van der Waals surface area contributed by atoms with Gasteiger partial charge in [0.2, 0.25) is 0 Å². The normalized spacial score (nSPS) is 16.9. The molecular weight excluding hydrogens is 275 g/mol. The molecule has 2 aromatic carbocycles. The first-order valence-electron chi connectivity index (χ1n) is 6.85. The summed E-state index contributed by atoms with van der Waals surface area (Å²) in [4.78, 5) is 1.81. The maximum Gasteiger partial charge on any atom is 0.418 e. The molecule has 0 bridgehead atoms. The van der Waals surface area contributed by atoms with Crippen LogP contribution in [0.15, 0.2) is 48.5 Å². The first kappa shape index (κ1) is 14.0. The van der Waals surface area contributed by atoms with E-state index < -0.39 is 11.7 Å². The number of para-hydroxylation sites is 2. The van der Waals surface area contributed by atoms with E-state index in [1.807, 2.05) is 43.0 Å². The van der Waals surface area contributed by atoms with Crippen molar-refractivity contribution in [3.63, 3.8) is 0 Å². The van der Waals surface area contributed by atoms with E-state index in [9.17, 15) is 13.2 Å². The molecule has 4 heteroatoms. The van der Waals surface area contributed by atoms with Crippen LogP contribution < -0.4 is 4.90 Å². The Morgan fingerprint density at radius 3 is 2.14 bits per heavy atom. The summed E-state index contributed by atoms with van der Waals surface area (Å²) in [5.74, 6) is 0. The molecule has 1 nitrogen and oxygen atoms in total. The summed E-state index contributed by atoms with van der Waals surface area (Å²) >= 11 is 0. The number of hydrogen-bond acceptors (Lipinski definition) is 1. The van der Waals surface area contributed by atoms with Gasteiger partial charge >= 0.3 is 6.18 Å². The van der Waals surface area contributed by atoms with Crippen LogP contribution in [0.25, 0.3) is 0 Å². The molecule has 0 saturated carbocycles. The Bertz CT molecular complexity index is 674. The van der Waals surface area contributed by atoms with Gasteiger partial charge < -0.3 is 4.90 Å². The van der Waals surface area contributed by atoms with Gasteiger partial charge in [-0.1, -0.05) is 30.3 Å². The molecule has 2 aromatic rings. The zero-order chi connectivity index (χ0) is 15.3. The molecule has 1 heterocycles. The zero-order valence-electron chi connectivity index (χ0n) is 11.9. The highest BCUT2D eigenvalue weighted by Gasteiger charge is 2.42. The molecular formula is C17H16F3N. The molecule has 0 atom stereocenters. The summed E-state index contributed by atoms with van der Waals surface area (Å²) in [7, 11) is 0. The van der Waals surface area contributed by atoms with E-state index in [4.69, 9.17) is 0 Å². The quantitative estimate of drug-likeness (QED) is 0.700. The highest BCUT2D eigenvalue weighted by molar-refractivity contribution is 5.75. The van der Waals surface area contributed by atoms with Crippen molar-refractivity contribution >= 4 is 11.4 Å². The van der Waals surface area contributed by atoms with Gasteiger partial charge in [0.05, 0.1) is 11.3 Å². The van der Waals surface area contributed by atoms with Crippen LogP contribution >= 0.6 is 0 Å². The predicted molar refractivity (Wildman–Crippen MR) is 77.8 cm³/mol. The minimum absolute atomic E-state index is 0.222. The molecule has 0 saturated heterocycles. The van der Waals surface area contributed by atoms with Gasteiger partial charge in [0.25, 0.3) is 0 Å². The maximum absolute atomic E-state index is 13.3. The third kappa shape index (κ3) is 2.28. The largest absolute Gasteiger partial charge is 0.418 e. The topological polar surface area (TPSA) is 3.24 Å². The summed E-state index contributed by atoms with van der Waals surface area (Å²) in [5, 5.41) is 0. The summed E-state index contributed by atoms with van der Waals surface area (Å²) in [6, 6.07) is 13.4. The number of anilines is 2. The third-order valence-electron chi connectivity index (χ3n) is 3.91. The molecule has 0 aromatic heterocycles. The Labute approximate surface area is 122 Å². The number of fused-ring (bicyclic) bond motifs is 1. The number of alkyl halides is 3. The predicted octanol–water partition coefficient (Wildman–Crippen LogP) is 5.18. The summed E-state index contributed by atoms with van der Waals surface area (Å²) < 4.78 is 39.9. The van der Waals surface area contributed by atoms with Gasteiger partial charge in [0, 0.05) is 11.2 Å². The lowest BCUT2D eigenvalue weighted by molar-refractivity contribution is -0.137. The highest BCUT2D eigenvalue weighted by Crippen LogP contribution is 2.47. The Kier molecular flexibility index (Phi) is 3.01. The number of rotatable bonds is 1. The molecule has 1 aliphatic rings. The molecule has 21 heavy (non-hydrogen) atoms. The van der Waals surface area contributed by atoms with E-state index in [0.717, 1.165) is 23.7 Å². The van der Waals surface area contributed by atoms with Crippen molar-refractivity contribution in [3.05, 3.63) is 59.7 Å². The minimum Gasteiger partial charge on any atom is -0.335 e. The van der Waals surface area contributed by atoms with E-state index in [0.29, 0.717) is 0 Å². The van der Waals surface area contributed by atoms with Crippen molar-refractivity contribution in [3.8, 4) is 0 Å². The summed E-state index contributed by atoms with van der Waals surface area (Å²) in [6.45, 7) is 3.94. The van der Waals surface area contributed by atoms with Crippen molar-refractivity contribution in [1.82, 2.24) is 0 Å². The van der Waals surface area contributed by atoms with Crippen molar-refractivity contribution in [2.75, 3.05) is 4.90 Å². The van der Waals surface area contributed by atoms with E-state index in [1.54, 1.807) is 12.1 Å². The van der Waals surface area contributed by atoms with Crippen LogP contribution in [0.2, 0.25) is 0 Å². The van der Waals surface area contributed by atoms with Gasteiger partial charge in [-0.15, -0.1) is 0 Å². The van der Waals surface area contributed by atoms with E-state index in [-0.39, 0.29) is 11.2 Å². The van der Waals surface area contributed by atoms with Gasteiger partial charge in [0.1, 0.15) is 0 Å². The molecule has 1 aliphatic heterocycles. The van der Waals surface area contributed by atoms with Crippen LogP contribution in [0.1, 0.15) is 25.0 Å². The number of hydrogen-bond donors (Lipinski definition) is 0. The Balaban J connectivity index is 2.21. The highest BCUT2D eigenvalue weighted by atomic mass is 19.4. The zero-order valence-corrected chi connectivity index (χ0v) is 11.9. The lowest BCUT2D eigenvalue weighted by Crippen LogP contribution is -2.38. The number of nitrogens with zero attached hydrogens (tertiary/aromatic N) is 1. The van der Waals surface area contributed by atoms with Crippen LogP contribution in [0.4, 0.5) is 24.5 Å². The van der Waals surface area contributed by atoms with Crippen LogP contribution in [0, 0.1) is 0 Å². The third-order valence-corrected chi connectivity index (χ3v) is 3.91. The van der Waals surface area contributed by atoms with Gasteiger partial charge in [0.15, 0.2) is 0 Å². The lowest BCUT2D eigenvalue weighted by Gasteiger charge is -2.36. The second kappa shape index (κ2) is 4.52. The van der Waals surface area contributed by atoms with Crippen LogP contribution in [0.3, 0.4) is 0 Å². The van der Waals surface area contributed by atoms with Crippen LogP contribution in [-0.2, 0) is 12.6 Å². The molecule has 110 valence electrons. The average Bonchev–Trinajstić information content (AvgIpc) is 2.67. The second-order valence-corrected chi connectivity index (χ2v) is 5.97. The van der Waals surface area contributed by atoms with Gasteiger partial charge in [-0.3, -0.25) is 0 Å². The second-order valence-electron chi connectivity index (χ2n) is 5.97. The monoisotopic (exact) mass is 291 g/mol. The molecule has 0 spiro atoms. The molecule has 0 radical (unpaired) electrons. The Morgan fingerprint density at radius 2 is 1.48 bits per heavy atom. The molecule has 0 aliphatic carbocycles. The van der Waals surface area contributed by atoms with Crippen LogP contribution in [0.5, 0.6) is 0 Å². The van der Waals surface area contributed by atoms with E-state index >= 15 is 0 Å². The molecule has 3 rings (SSSR count). The SMILES string of the molecule is CC1(C)Cc2ccccc2N1c1ccccc1C(F)(F)F. The van der Waals surface area contributed by atoms with Gasteiger partial charge in [-0.2, -0.15) is 13.2 Å². The number of benzene rings is 2. The fourth-order valence-corrected chi connectivity index (χ4v) is 3.11. The molecule has 0 N–H and O–H groups in total. The fraction of sp³-hybridized carbons (Fsp3) is 0.294. The maximum atomic E-state index is 13.3. The summed E-state index contributed by atoms with van der Waals surface area (Å²) in [6.07, 6.45) is -3.63. The van der Waals surface area contributed by atoms with E-state index in [2.05, 4.69) is 0 Å². The van der Waals surface area contributed by atoms with Crippen molar-refractivity contribution in [2.45, 2.75) is 32.0 Å². The molecule has 0 unspecified atom stereocenters. The minimum atomic E-state index is -4.36. The number of halogens is 3. The molecule has 0 fully saturated rings. The lowest BCUT2D eigenvalue weighted by atomic mass is 9.98. The van der Waals surface area contributed by atoms with Gasteiger partial charge in [-0.05, 0) is 44.0 Å². The van der Waals surface area contributed by atoms with E-state index in [1.165, 1.54) is 6.07 Å². The first-order chi connectivity index (χ1) is 9.81. The standard InChI is InChI=1S/C17H16F3N/c1-16(2)11-12-7-3-5-9-14(12)21(16)15-10-6-4-8-13(15)17(18,19)20/h3-10H,11H2,1-2H3. The van der Waals surface area contributed by atoms with Gasteiger partial charge in [-0.25, -0.2) is 0 Å². The van der Waals surface area contributed by atoms with Crippen LogP contribution in [-0.4, -0.2) is 5.54 Å². The van der Waals surface area contributed by atoms with Crippen molar-refractivity contribution in [1.29, 1.82) is 0 Å².